The Morgan fingerprint density at radius 3 is 2.40 bits per heavy atom. The number of imide groups is 1. The van der Waals surface area contributed by atoms with Crippen LogP contribution in [-0.2, 0) is 4.79 Å². The Bertz CT molecular complexity index is 367. The van der Waals surface area contributed by atoms with Crippen molar-refractivity contribution < 1.29 is 19.5 Å². The van der Waals surface area contributed by atoms with Crippen molar-refractivity contribution in [3.8, 4) is 0 Å². The molecule has 0 aromatic heterocycles. The molecule has 0 aliphatic heterocycles. The van der Waals surface area contributed by atoms with E-state index in [1.165, 1.54) is 13.3 Å². The van der Waals surface area contributed by atoms with Gasteiger partial charge in [0.15, 0.2) is 0 Å². The van der Waals surface area contributed by atoms with Gasteiger partial charge >= 0.3 is 18.0 Å². The van der Waals surface area contributed by atoms with Gasteiger partial charge in [-0.3, -0.25) is 4.79 Å². The van der Waals surface area contributed by atoms with Crippen LogP contribution in [0.5, 0.6) is 0 Å². The lowest BCUT2D eigenvalue weighted by molar-refractivity contribution is -0.141. The molecule has 0 bridgehead atoms. The molecule has 20 heavy (non-hydrogen) atoms. The average Bonchev–Trinajstić information content (AvgIpc) is 2.42. The minimum Gasteiger partial charge on any atom is -0.481 e. The number of nitrogens with one attached hydrogen (secondary N) is 1. The summed E-state index contributed by atoms with van der Waals surface area (Å²) in [6.45, 7) is 1.71. The van der Waals surface area contributed by atoms with Gasteiger partial charge in [0.25, 0.3) is 0 Å². The fourth-order valence-corrected chi connectivity index (χ4v) is 2.34. The third-order valence-corrected chi connectivity index (χ3v) is 3.66. The molecule has 0 aromatic carbocycles. The largest absolute Gasteiger partial charge is 0.481 e. The van der Waals surface area contributed by atoms with Crippen molar-refractivity contribution in [3.05, 3.63) is 0 Å². The second-order valence-corrected chi connectivity index (χ2v) is 5.38. The highest BCUT2D eigenvalue weighted by atomic mass is 16.4. The van der Waals surface area contributed by atoms with Gasteiger partial charge < -0.3 is 16.2 Å². The van der Waals surface area contributed by atoms with Crippen molar-refractivity contribution in [3.63, 3.8) is 0 Å². The van der Waals surface area contributed by atoms with Crippen LogP contribution < -0.4 is 11.1 Å². The molecule has 0 unspecified atom stereocenters. The molecule has 1 aliphatic rings. The fraction of sp³-hybridized carbons (Fsp3) is 0.769. The van der Waals surface area contributed by atoms with Crippen molar-refractivity contribution in [1.82, 2.24) is 10.2 Å². The maximum Gasteiger partial charge on any atom is 0.325 e. The van der Waals surface area contributed by atoms with Crippen LogP contribution >= 0.6 is 0 Å². The van der Waals surface area contributed by atoms with E-state index in [2.05, 4.69) is 5.32 Å². The number of primary amides is 1. The Morgan fingerprint density at radius 1 is 1.30 bits per heavy atom. The molecule has 4 N–H and O–H groups in total. The summed E-state index contributed by atoms with van der Waals surface area (Å²) in [5, 5.41) is 11.5. The maximum atomic E-state index is 11.9. The molecule has 0 heterocycles. The van der Waals surface area contributed by atoms with Gasteiger partial charge in [-0.2, -0.15) is 0 Å². The number of aliphatic carboxylic acids is 1. The van der Waals surface area contributed by atoms with Crippen LogP contribution in [0.25, 0.3) is 0 Å². The van der Waals surface area contributed by atoms with Gasteiger partial charge in [0.2, 0.25) is 0 Å². The van der Waals surface area contributed by atoms with E-state index in [0.717, 1.165) is 30.6 Å². The molecule has 0 radical (unpaired) electrons. The molecule has 1 fully saturated rings. The first kappa shape index (κ1) is 16.3. The van der Waals surface area contributed by atoms with Crippen LogP contribution in [0.3, 0.4) is 0 Å². The van der Waals surface area contributed by atoms with Crippen molar-refractivity contribution in [2.45, 2.75) is 39.0 Å². The quantitative estimate of drug-likeness (QED) is 0.708. The molecule has 7 nitrogen and oxygen atoms in total. The van der Waals surface area contributed by atoms with Gasteiger partial charge in [-0.15, -0.1) is 0 Å². The molecule has 1 atom stereocenters. The zero-order chi connectivity index (χ0) is 15.1. The first-order valence-electron chi connectivity index (χ1n) is 6.99. The summed E-state index contributed by atoms with van der Waals surface area (Å²) in [5.41, 5.74) is 5.13. The number of hydrogen-bond donors (Lipinski definition) is 3. The second kappa shape index (κ2) is 7.72. The van der Waals surface area contributed by atoms with E-state index < -0.39 is 23.9 Å². The molecule has 0 aromatic rings. The second-order valence-electron chi connectivity index (χ2n) is 5.38. The van der Waals surface area contributed by atoms with Crippen LogP contribution in [0.1, 0.15) is 39.0 Å². The number of amides is 4. The van der Waals surface area contributed by atoms with Crippen molar-refractivity contribution in [1.29, 1.82) is 0 Å². The van der Waals surface area contributed by atoms with Crippen LogP contribution in [0.4, 0.5) is 9.59 Å². The van der Waals surface area contributed by atoms with Gasteiger partial charge in [-0.05, 0) is 18.8 Å². The lowest BCUT2D eigenvalue weighted by atomic mass is 9.89. The number of hydrogen-bond acceptors (Lipinski definition) is 3. The number of carbonyl (C=O) groups is 3. The Kier molecular flexibility index (Phi) is 6.27. The summed E-state index contributed by atoms with van der Waals surface area (Å²) in [7, 11) is 0. The molecule has 7 heteroatoms. The lowest BCUT2D eigenvalue weighted by Crippen LogP contribution is -2.50. The van der Waals surface area contributed by atoms with E-state index in [9.17, 15) is 14.4 Å². The Labute approximate surface area is 118 Å². The van der Waals surface area contributed by atoms with Crippen LogP contribution in [0.2, 0.25) is 0 Å². The van der Waals surface area contributed by atoms with E-state index in [4.69, 9.17) is 10.8 Å². The van der Waals surface area contributed by atoms with Gasteiger partial charge in [-0.1, -0.05) is 26.2 Å². The summed E-state index contributed by atoms with van der Waals surface area (Å²) < 4.78 is 0. The van der Waals surface area contributed by atoms with Gasteiger partial charge in [-0.25, -0.2) is 14.5 Å². The predicted octanol–water partition coefficient (Wildman–Crippen LogP) is 1.38. The zero-order valence-electron chi connectivity index (χ0n) is 11.8. The van der Waals surface area contributed by atoms with Gasteiger partial charge in [0.1, 0.15) is 0 Å². The lowest BCUT2D eigenvalue weighted by Gasteiger charge is -2.25. The molecular weight excluding hydrogens is 262 g/mol. The number of nitrogens with two attached hydrogens (primary N) is 1. The number of carbonyl (C=O) groups excluding carboxylic acids is 2. The van der Waals surface area contributed by atoms with E-state index in [-0.39, 0.29) is 6.54 Å². The summed E-state index contributed by atoms with van der Waals surface area (Å²) in [6, 6.07) is -1.55. The normalized spacial score (nSPS) is 17.2. The average molecular weight is 285 g/mol. The first-order chi connectivity index (χ1) is 9.41. The number of carboxylic acid groups (broad SMARTS) is 1. The number of rotatable bonds is 5. The maximum absolute atomic E-state index is 11.9. The van der Waals surface area contributed by atoms with Gasteiger partial charge in [0.05, 0.1) is 5.92 Å². The third kappa shape index (κ3) is 5.07. The van der Waals surface area contributed by atoms with E-state index in [1.807, 2.05) is 0 Å². The SMILES string of the molecule is C[C@H](CN(C(N)=O)C(=O)NCC1CCCCC1)C(=O)O. The number of nitrogens with zero attached hydrogens (tertiary/aromatic N) is 1. The number of urea groups is 2. The summed E-state index contributed by atoms with van der Waals surface area (Å²) in [6.07, 6.45) is 5.70. The molecule has 1 aliphatic carbocycles. The molecule has 114 valence electrons. The van der Waals surface area contributed by atoms with Crippen molar-refractivity contribution in [2.75, 3.05) is 13.1 Å². The number of carboxylic acids is 1. The highest BCUT2D eigenvalue weighted by molar-refractivity contribution is 5.93. The summed E-state index contributed by atoms with van der Waals surface area (Å²) >= 11 is 0. The highest BCUT2D eigenvalue weighted by Crippen LogP contribution is 2.22. The molecule has 1 rings (SSSR count). The summed E-state index contributed by atoms with van der Waals surface area (Å²) in [5.74, 6) is -1.49. The van der Waals surface area contributed by atoms with Crippen LogP contribution in [0.15, 0.2) is 0 Å². The summed E-state index contributed by atoms with van der Waals surface area (Å²) in [4.78, 5) is 34.7. The van der Waals surface area contributed by atoms with E-state index in [1.54, 1.807) is 0 Å². The topological polar surface area (TPSA) is 113 Å². The third-order valence-electron chi connectivity index (χ3n) is 3.66. The van der Waals surface area contributed by atoms with E-state index >= 15 is 0 Å². The molecular formula is C13H23N3O4. The molecule has 0 saturated heterocycles. The molecule has 1 saturated carbocycles. The van der Waals surface area contributed by atoms with Crippen molar-refractivity contribution in [2.24, 2.45) is 17.6 Å². The van der Waals surface area contributed by atoms with Crippen LogP contribution in [0, 0.1) is 11.8 Å². The Hall–Kier alpha value is -1.79. The standard InChI is InChI=1S/C13H23N3O4/c1-9(11(17)18)8-16(12(14)19)13(20)15-7-10-5-3-2-4-6-10/h9-10H,2-8H2,1H3,(H2,14,19)(H,15,20)(H,17,18)/t9-/m1/s1. The minimum atomic E-state index is -1.07. The minimum absolute atomic E-state index is 0.221. The molecule has 4 amide bonds. The zero-order valence-corrected chi connectivity index (χ0v) is 11.8. The Balaban J connectivity index is 2.47. The first-order valence-corrected chi connectivity index (χ1v) is 6.99. The monoisotopic (exact) mass is 285 g/mol. The highest BCUT2D eigenvalue weighted by Gasteiger charge is 2.25. The van der Waals surface area contributed by atoms with Crippen LogP contribution in [-0.4, -0.2) is 41.1 Å². The van der Waals surface area contributed by atoms with Gasteiger partial charge in [0, 0.05) is 13.1 Å². The van der Waals surface area contributed by atoms with E-state index in [0.29, 0.717) is 12.5 Å². The Morgan fingerprint density at radius 2 is 1.90 bits per heavy atom. The molecule has 0 spiro atoms. The predicted molar refractivity (Wildman–Crippen MR) is 73.1 cm³/mol. The van der Waals surface area contributed by atoms with Crippen molar-refractivity contribution >= 4 is 18.0 Å². The smallest absolute Gasteiger partial charge is 0.325 e. The fourth-order valence-electron chi connectivity index (χ4n) is 2.34.